The zero-order valence-electron chi connectivity index (χ0n) is 21.0. The molecule has 6 nitrogen and oxygen atoms in total. The Morgan fingerprint density at radius 2 is 1.89 bits per heavy atom. The predicted octanol–water partition coefficient (Wildman–Crippen LogP) is 7.42. The van der Waals surface area contributed by atoms with Crippen molar-refractivity contribution in [3.05, 3.63) is 45.8 Å². The van der Waals surface area contributed by atoms with Crippen LogP contribution in [0.3, 0.4) is 0 Å². The van der Waals surface area contributed by atoms with Crippen molar-refractivity contribution in [1.29, 1.82) is 0 Å². The van der Waals surface area contributed by atoms with E-state index in [9.17, 15) is 14.7 Å². The molecule has 0 unspecified atom stereocenters. The van der Waals surface area contributed by atoms with E-state index in [1.807, 2.05) is 13.0 Å². The van der Waals surface area contributed by atoms with Gasteiger partial charge in [0, 0.05) is 23.8 Å². The number of hydrogen-bond acceptors (Lipinski definition) is 4. The molecule has 0 bridgehead atoms. The fourth-order valence-electron chi connectivity index (χ4n) is 5.55. The summed E-state index contributed by atoms with van der Waals surface area (Å²) in [6, 6.07) is 5.43. The van der Waals surface area contributed by atoms with Gasteiger partial charge in [0.1, 0.15) is 5.76 Å². The fraction of sp³-hybridized carbons (Fsp3) is 0.607. The highest BCUT2D eigenvalue weighted by molar-refractivity contribution is 6.33. The molecule has 1 atom stereocenters. The van der Waals surface area contributed by atoms with Crippen LogP contribution >= 0.6 is 11.6 Å². The Hall–Kier alpha value is -2.34. The van der Waals surface area contributed by atoms with Gasteiger partial charge in [-0.05, 0) is 74.5 Å². The van der Waals surface area contributed by atoms with E-state index in [1.54, 1.807) is 12.1 Å². The van der Waals surface area contributed by atoms with Gasteiger partial charge in [-0.2, -0.15) is 0 Å². The summed E-state index contributed by atoms with van der Waals surface area (Å²) in [6.07, 6.45) is 7.93. The van der Waals surface area contributed by atoms with Gasteiger partial charge in [-0.1, -0.05) is 49.5 Å². The van der Waals surface area contributed by atoms with Crippen molar-refractivity contribution < 1.29 is 19.2 Å². The number of rotatable bonds is 12. The number of aliphatic carboxylic acids is 1. The van der Waals surface area contributed by atoms with Gasteiger partial charge >= 0.3 is 5.97 Å². The van der Waals surface area contributed by atoms with Crippen LogP contribution < -0.4 is 5.32 Å². The normalized spacial score (nSPS) is 20.5. The second kappa shape index (κ2) is 11.2. The van der Waals surface area contributed by atoms with Crippen LogP contribution in [0.15, 0.2) is 22.7 Å². The standard InChI is InChI=1S/C28H37ClN2O4/c1-4-17(5-2)11-18-12-21(13-18)28-26(19-7-8-19)27(31-35-28)20(15-25(33)34)14-24(32)30-23-9-6-16(3)10-22(23)29/h6,9-10,17-21H,4-5,7-8,11-15H2,1-3H3,(H,30,32)(H,33,34)/t18-,20-,21-/m1/s1. The van der Waals surface area contributed by atoms with E-state index in [0.717, 1.165) is 54.4 Å². The number of halogens is 1. The van der Waals surface area contributed by atoms with Crippen LogP contribution in [0.2, 0.25) is 5.02 Å². The Balaban J connectivity index is 1.49. The minimum atomic E-state index is -0.948. The van der Waals surface area contributed by atoms with E-state index in [2.05, 4.69) is 24.3 Å². The first-order valence-corrected chi connectivity index (χ1v) is 13.4. The van der Waals surface area contributed by atoms with Gasteiger partial charge in [0.05, 0.1) is 22.8 Å². The molecule has 35 heavy (non-hydrogen) atoms. The molecule has 1 heterocycles. The average molecular weight is 501 g/mol. The second-order valence-corrected chi connectivity index (χ2v) is 11.0. The summed E-state index contributed by atoms with van der Waals surface area (Å²) in [7, 11) is 0. The molecule has 1 aromatic carbocycles. The number of nitrogens with zero attached hydrogens (tertiary/aromatic N) is 1. The van der Waals surface area contributed by atoms with Crippen LogP contribution in [0.5, 0.6) is 0 Å². The Kier molecular flexibility index (Phi) is 8.20. The lowest BCUT2D eigenvalue weighted by atomic mass is 9.68. The lowest BCUT2D eigenvalue weighted by Gasteiger charge is -2.36. The molecule has 1 amide bonds. The van der Waals surface area contributed by atoms with Gasteiger partial charge in [0.2, 0.25) is 5.91 Å². The molecule has 0 saturated heterocycles. The zero-order valence-corrected chi connectivity index (χ0v) is 21.7. The average Bonchev–Trinajstić information content (AvgIpc) is 3.53. The third-order valence-corrected chi connectivity index (χ3v) is 8.15. The summed E-state index contributed by atoms with van der Waals surface area (Å²) in [4.78, 5) is 24.6. The van der Waals surface area contributed by atoms with Crippen molar-refractivity contribution in [3.8, 4) is 0 Å². The first-order valence-electron chi connectivity index (χ1n) is 13.1. The maximum atomic E-state index is 12.9. The summed E-state index contributed by atoms with van der Waals surface area (Å²) in [6.45, 7) is 6.46. The van der Waals surface area contributed by atoms with Crippen LogP contribution in [0, 0.1) is 18.8 Å². The molecule has 4 rings (SSSR count). The van der Waals surface area contributed by atoms with Crippen LogP contribution in [0.1, 0.15) is 112 Å². The molecule has 2 fully saturated rings. The molecular formula is C28H37ClN2O4. The highest BCUT2D eigenvalue weighted by atomic mass is 35.5. The number of nitrogens with one attached hydrogen (secondary N) is 1. The minimum Gasteiger partial charge on any atom is -0.481 e. The molecule has 2 aromatic rings. The number of hydrogen-bond donors (Lipinski definition) is 2. The van der Waals surface area contributed by atoms with Gasteiger partial charge in [-0.25, -0.2) is 0 Å². The van der Waals surface area contributed by atoms with Crippen LogP contribution in [-0.2, 0) is 9.59 Å². The lowest BCUT2D eigenvalue weighted by molar-refractivity contribution is -0.137. The van der Waals surface area contributed by atoms with E-state index >= 15 is 0 Å². The maximum Gasteiger partial charge on any atom is 0.304 e. The summed E-state index contributed by atoms with van der Waals surface area (Å²) >= 11 is 6.27. The Labute approximate surface area is 212 Å². The van der Waals surface area contributed by atoms with Crippen molar-refractivity contribution in [1.82, 2.24) is 5.16 Å². The minimum absolute atomic E-state index is 0.0180. The Morgan fingerprint density at radius 3 is 2.49 bits per heavy atom. The summed E-state index contributed by atoms with van der Waals surface area (Å²) < 4.78 is 5.91. The van der Waals surface area contributed by atoms with Gasteiger partial charge in [0.25, 0.3) is 0 Å². The maximum absolute atomic E-state index is 12.9. The van der Waals surface area contributed by atoms with E-state index in [0.29, 0.717) is 28.2 Å². The van der Waals surface area contributed by atoms with Crippen molar-refractivity contribution >= 4 is 29.2 Å². The van der Waals surface area contributed by atoms with Crippen molar-refractivity contribution in [2.45, 2.75) is 96.3 Å². The monoisotopic (exact) mass is 500 g/mol. The largest absolute Gasteiger partial charge is 0.481 e. The van der Waals surface area contributed by atoms with Gasteiger partial charge in [-0.15, -0.1) is 0 Å². The number of aryl methyl sites for hydroxylation is 1. The van der Waals surface area contributed by atoms with Crippen LogP contribution in [0.4, 0.5) is 5.69 Å². The topological polar surface area (TPSA) is 92.4 Å². The fourth-order valence-corrected chi connectivity index (χ4v) is 5.83. The van der Waals surface area contributed by atoms with Crippen molar-refractivity contribution in [2.24, 2.45) is 11.8 Å². The van der Waals surface area contributed by atoms with Crippen molar-refractivity contribution in [3.63, 3.8) is 0 Å². The summed E-state index contributed by atoms with van der Waals surface area (Å²) in [5, 5.41) is 17.3. The van der Waals surface area contributed by atoms with Crippen molar-refractivity contribution in [2.75, 3.05) is 5.32 Å². The third kappa shape index (κ3) is 6.27. The van der Waals surface area contributed by atoms with Gasteiger partial charge < -0.3 is 14.9 Å². The number of carbonyl (C=O) groups excluding carboxylic acids is 1. The molecule has 2 N–H and O–H groups in total. The molecular weight excluding hydrogens is 464 g/mol. The SMILES string of the molecule is CCC(CC)C[C@H]1C[C@H](c2onc([C@@H](CC(=O)O)CC(=O)Nc3ccc(C)cc3Cl)c2C2CC2)C1. The highest BCUT2D eigenvalue weighted by Crippen LogP contribution is 2.53. The summed E-state index contributed by atoms with van der Waals surface area (Å²) in [5.74, 6) is 1.43. The molecule has 2 aliphatic rings. The Morgan fingerprint density at radius 1 is 1.17 bits per heavy atom. The number of benzene rings is 1. The van der Waals surface area contributed by atoms with Gasteiger partial charge in [-0.3, -0.25) is 9.59 Å². The number of anilines is 1. The molecule has 1 aromatic heterocycles. The second-order valence-electron chi connectivity index (χ2n) is 10.6. The molecule has 190 valence electrons. The van der Waals surface area contributed by atoms with Gasteiger partial charge in [0.15, 0.2) is 0 Å². The van der Waals surface area contributed by atoms with E-state index in [4.69, 9.17) is 16.1 Å². The van der Waals surface area contributed by atoms with Crippen LogP contribution in [0.25, 0.3) is 0 Å². The number of amides is 1. The Bertz CT molecular complexity index is 1050. The quantitative estimate of drug-likeness (QED) is 0.316. The number of carbonyl (C=O) groups is 2. The number of aromatic nitrogens is 1. The number of carboxylic acids is 1. The molecule has 7 heteroatoms. The van der Waals surface area contributed by atoms with E-state index in [1.165, 1.54) is 19.3 Å². The summed E-state index contributed by atoms with van der Waals surface area (Å²) in [5.41, 5.74) is 3.28. The predicted molar refractivity (Wildman–Crippen MR) is 137 cm³/mol. The smallest absolute Gasteiger partial charge is 0.304 e. The molecule has 0 aliphatic heterocycles. The number of carboxylic acid groups (broad SMARTS) is 1. The van der Waals surface area contributed by atoms with Crippen LogP contribution in [-0.4, -0.2) is 22.1 Å². The molecule has 2 saturated carbocycles. The van der Waals surface area contributed by atoms with E-state index < -0.39 is 11.9 Å². The lowest BCUT2D eigenvalue weighted by Crippen LogP contribution is -2.24. The highest BCUT2D eigenvalue weighted by Gasteiger charge is 2.42. The first kappa shape index (κ1) is 25.7. The molecule has 2 aliphatic carbocycles. The third-order valence-electron chi connectivity index (χ3n) is 7.84. The zero-order chi connectivity index (χ0) is 25.1. The molecule has 0 radical (unpaired) electrons. The molecule has 0 spiro atoms. The first-order chi connectivity index (χ1) is 16.8. The van der Waals surface area contributed by atoms with E-state index in [-0.39, 0.29) is 18.7 Å².